The minimum Gasteiger partial charge on any atom is -0.509 e. The van der Waals surface area contributed by atoms with E-state index in [0.29, 0.717) is 12.3 Å². The normalized spacial score (nSPS) is 28.0. The van der Waals surface area contributed by atoms with Crippen molar-refractivity contribution in [3.8, 4) is 0 Å². The third-order valence-electron chi connectivity index (χ3n) is 4.97. The highest BCUT2D eigenvalue weighted by atomic mass is 16.4. The second-order valence-electron chi connectivity index (χ2n) is 8.16. The highest BCUT2D eigenvalue weighted by Gasteiger charge is 2.58. The van der Waals surface area contributed by atoms with Gasteiger partial charge in [-0.2, -0.15) is 0 Å². The van der Waals surface area contributed by atoms with Crippen LogP contribution in [0.3, 0.4) is 0 Å². The van der Waals surface area contributed by atoms with E-state index in [1.54, 1.807) is 13.8 Å². The lowest BCUT2D eigenvalue weighted by Gasteiger charge is -2.36. The molecule has 0 spiro atoms. The van der Waals surface area contributed by atoms with Crippen molar-refractivity contribution >= 4 is 5.78 Å². The molecule has 0 saturated carbocycles. The van der Waals surface area contributed by atoms with E-state index in [9.17, 15) is 25.2 Å². The van der Waals surface area contributed by atoms with E-state index in [0.717, 1.165) is 5.57 Å². The molecule has 0 aromatic heterocycles. The third-order valence-corrected chi connectivity index (χ3v) is 4.97. The summed E-state index contributed by atoms with van der Waals surface area (Å²) >= 11 is 0. The summed E-state index contributed by atoms with van der Waals surface area (Å²) in [4.78, 5) is 12.4. The van der Waals surface area contributed by atoms with Crippen molar-refractivity contribution in [1.82, 2.24) is 0 Å². The van der Waals surface area contributed by atoms with Crippen molar-refractivity contribution < 1.29 is 25.2 Å². The molecule has 0 bridgehead atoms. The van der Waals surface area contributed by atoms with E-state index in [1.165, 1.54) is 0 Å². The Morgan fingerprint density at radius 1 is 1.20 bits per heavy atom. The van der Waals surface area contributed by atoms with Crippen LogP contribution in [-0.2, 0) is 4.79 Å². The number of hydrogen-bond acceptors (Lipinski definition) is 5. The molecule has 1 aliphatic carbocycles. The molecular formula is C20H34O5. The van der Waals surface area contributed by atoms with Crippen LogP contribution in [-0.4, -0.2) is 44.0 Å². The molecule has 0 aliphatic heterocycles. The van der Waals surface area contributed by atoms with Crippen LogP contribution in [0.15, 0.2) is 23.0 Å². The minimum atomic E-state index is -2.01. The molecule has 5 heteroatoms. The van der Waals surface area contributed by atoms with Crippen molar-refractivity contribution in [1.29, 1.82) is 0 Å². The number of ketones is 1. The molecule has 0 saturated heterocycles. The van der Waals surface area contributed by atoms with Gasteiger partial charge >= 0.3 is 0 Å². The van der Waals surface area contributed by atoms with Gasteiger partial charge in [0.25, 0.3) is 0 Å². The zero-order chi connectivity index (χ0) is 19.5. The molecule has 0 amide bonds. The van der Waals surface area contributed by atoms with Crippen molar-refractivity contribution in [3.63, 3.8) is 0 Å². The van der Waals surface area contributed by atoms with Crippen LogP contribution in [0.25, 0.3) is 0 Å². The molecule has 4 unspecified atom stereocenters. The second-order valence-corrected chi connectivity index (χ2v) is 8.16. The van der Waals surface area contributed by atoms with Crippen molar-refractivity contribution in [2.45, 2.75) is 78.6 Å². The Morgan fingerprint density at radius 3 is 2.20 bits per heavy atom. The number of rotatable bonds is 8. The largest absolute Gasteiger partial charge is 0.509 e. The number of Topliss-reactive ketones (excluding diaryl/α,β-unsaturated/α-hetero) is 1. The maximum Gasteiger partial charge on any atom is 0.167 e. The summed E-state index contributed by atoms with van der Waals surface area (Å²) in [5, 5.41) is 43.1. The Kier molecular flexibility index (Phi) is 7.41. The molecular weight excluding hydrogens is 320 g/mol. The van der Waals surface area contributed by atoms with Gasteiger partial charge in [0.05, 0.1) is 17.8 Å². The molecule has 144 valence electrons. The molecule has 5 nitrogen and oxygen atoms in total. The van der Waals surface area contributed by atoms with Crippen molar-refractivity contribution in [2.24, 2.45) is 17.8 Å². The third kappa shape index (κ3) is 4.52. The van der Waals surface area contributed by atoms with Crippen LogP contribution < -0.4 is 0 Å². The molecule has 1 aliphatic rings. The van der Waals surface area contributed by atoms with Crippen LogP contribution in [0.1, 0.15) is 60.8 Å². The number of allylic oxidation sites excluding steroid dienone is 2. The molecule has 1 rings (SSSR count). The van der Waals surface area contributed by atoms with Gasteiger partial charge < -0.3 is 20.4 Å². The van der Waals surface area contributed by atoms with Gasteiger partial charge in [0, 0.05) is 11.8 Å². The number of carbonyl (C=O) groups excluding carboxylic acids is 1. The van der Waals surface area contributed by atoms with Crippen LogP contribution in [0.5, 0.6) is 0 Å². The van der Waals surface area contributed by atoms with Crippen LogP contribution in [0, 0.1) is 17.8 Å². The maximum atomic E-state index is 12.4. The average molecular weight is 354 g/mol. The Morgan fingerprint density at radius 2 is 1.76 bits per heavy atom. The van der Waals surface area contributed by atoms with E-state index in [-0.39, 0.29) is 18.4 Å². The Hall–Kier alpha value is -1.17. The summed E-state index contributed by atoms with van der Waals surface area (Å²) in [6, 6.07) is 0. The fraction of sp³-hybridized carbons (Fsp3) is 0.750. The SMILES string of the molecule is CC(C)=CCC1C(O)C(C(=O)C(C)C)=C(O)C1(O)C(O)CCC(C)C. The topological polar surface area (TPSA) is 98.0 Å². The van der Waals surface area contributed by atoms with Crippen molar-refractivity contribution in [2.75, 3.05) is 0 Å². The molecule has 0 aromatic rings. The van der Waals surface area contributed by atoms with Gasteiger partial charge in [0.15, 0.2) is 11.4 Å². The van der Waals surface area contributed by atoms with Gasteiger partial charge in [-0.3, -0.25) is 4.79 Å². The fourth-order valence-corrected chi connectivity index (χ4v) is 3.33. The summed E-state index contributed by atoms with van der Waals surface area (Å²) in [6.45, 7) is 11.1. The molecule has 0 heterocycles. The van der Waals surface area contributed by atoms with Crippen LogP contribution >= 0.6 is 0 Å². The van der Waals surface area contributed by atoms with Crippen molar-refractivity contribution in [3.05, 3.63) is 23.0 Å². The van der Waals surface area contributed by atoms with E-state index in [1.807, 2.05) is 33.8 Å². The summed E-state index contributed by atoms with van der Waals surface area (Å²) in [5.41, 5.74) is -1.18. The first kappa shape index (κ1) is 21.9. The molecule has 4 atom stereocenters. The Bertz CT molecular complexity index is 542. The quantitative estimate of drug-likeness (QED) is 0.503. The first-order chi connectivity index (χ1) is 11.4. The summed E-state index contributed by atoms with van der Waals surface area (Å²) in [5.74, 6) is -1.93. The smallest absolute Gasteiger partial charge is 0.167 e. The van der Waals surface area contributed by atoms with Gasteiger partial charge in [-0.15, -0.1) is 0 Å². The van der Waals surface area contributed by atoms with E-state index >= 15 is 0 Å². The average Bonchev–Trinajstić information content (AvgIpc) is 2.69. The van der Waals surface area contributed by atoms with Gasteiger partial charge in [-0.05, 0) is 39.0 Å². The summed E-state index contributed by atoms with van der Waals surface area (Å²) in [7, 11) is 0. The van der Waals surface area contributed by atoms with Crippen LogP contribution in [0.4, 0.5) is 0 Å². The van der Waals surface area contributed by atoms with Gasteiger partial charge in [-0.25, -0.2) is 0 Å². The van der Waals surface area contributed by atoms with E-state index in [2.05, 4.69) is 0 Å². The molecule has 4 N–H and O–H groups in total. The minimum absolute atomic E-state index is 0.159. The van der Waals surface area contributed by atoms with E-state index in [4.69, 9.17) is 0 Å². The summed E-state index contributed by atoms with van der Waals surface area (Å²) < 4.78 is 0. The number of carbonyl (C=O) groups is 1. The van der Waals surface area contributed by atoms with Gasteiger partial charge in [0.1, 0.15) is 5.76 Å². The maximum absolute atomic E-state index is 12.4. The fourth-order valence-electron chi connectivity index (χ4n) is 3.33. The second kappa shape index (κ2) is 8.47. The Balaban J connectivity index is 3.32. The lowest BCUT2D eigenvalue weighted by molar-refractivity contribution is -0.121. The zero-order valence-electron chi connectivity index (χ0n) is 16.3. The van der Waals surface area contributed by atoms with E-state index < -0.39 is 41.2 Å². The molecule has 25 heavy (non-hydrogen) atoms. The first-order valence-corrected chi connectivity index (χ1v) is 9.14. The standard InChI is InChI=1S/C20H34O5/c1-11(2)7-9-14-18(23)16(17(22)13(5)6)19(24)20(14,25)15(21)10-8-12(3)4/h7,12-15,18,21,23-25H,8-10H2,1-6H3. The molecule has 0 fully saturated rings. The first-order valence-electron chi connectivity index (χ1n) is 9.14. The highest BCUT2D eigenvalue weighted by molar-refractivity contribution is 5.99. The lowest BCUT2D eigenvalue weighted by atomic mass is 9.78. The number of hydrogen-bond donors (Lipinski definition) is 4. The molecule has 0 radical (unpaired) electrons. The monoisotopic (exact) mass is 354 g/mol. The lowest BCUT2D eigenvalue weighted by Crippen LogP contribution is -2.50. The predicted octanol–water partition coefficient (Wildman–Crippen LogP) is 2.90. The summed E-state index contributed by atoms with van der Waals surface area (Å²) in [6.07, 6.45) is 0.485. The van der Waals surface area contributed by atoms with Crippen LogP contribution in [0.2, 0.25) is 0 Å². The molecule has 0 aromatic carbocycles. The number of aliphatic hydroxyl groups is 4. The number of aliphatic hydroxyl groups excluding tert-OH is 3. The highest BCUT2D eigenvalue weighted by Crippen LogP contribution is 2.46. The Labute approximate surface area is 151 Å². The zero-order valence-corrected chi connectivity index (χ0v) is 16.3. The van der Waals surface area contributed by atoms with Gasteiger partial charge in [0.2, 0.25) is 0 Å². The van der Waals surface area contributed by atoms with Gasteiger partial charge in [-0.1, -0.05) is 39.3 Å². The predicted molar refractivity (Wildman–Crippen MR) is 98.1 cm³/mol.